The first kappa shape index (κ1) is 19.4. The first-order valence-corrected chi connectivity index (χ1v) is 9.82. The summed E-state index contributed by atoms with van der Waals surface area (Å²) in [4.78, 5) is 4.91. The predicted molar refractivity (Wildman–Crippen MR) is 121 cm³/mol. The summed E-state index contributed by atoms with van der Waals surface area (Å²) in [5, 5.41) is 10.1. The van der Waals surface area contributed by atoms with Crippen LogP contribution in [-0.2, 0) is 0 Å². The van der Waals surface area contributed by atoms with E-state index < -0.39 is 0 Å². The zero-order valence-electron chi connectivity index (χ0n) is 17.3. The molecule has 3 heteroatoms. The summed E-state index contributed by atoms with van der Waals surface area (Å²) in [7, 11) is 1.64. The van der Waals surface area contributed by atoms with E-state index in [-0.39, 0.29) is 0 Å². The number of rotatable bonds is 4. The van der Waals surface area contributed by atoms with Crippen LogP contribution in [0.3, 0.4) is 0 Å². The summed E-state index contributed by atoms with van der Waals surface area (Å²) in [6.07, 6.45) is 0. The summed E-state index contributed by atoms with van der Waals surface area (Å²) in [5.74, 6) is 0.769. The van der Waals surface area contributed by atoms with Crippen LogP contribution < -0.4 is 4.74 Å². The van der Waals surface area contributed by atoms with E-state index in [1.54, 1.807) is 7.11 Å². The van der Waals surface area contributed by atoms with Crippen molar-refractivity contribution >= 4 is 0 Å². The van der Waals surface area contributed by atoms with Gasteiger partial charge in [-0.15, -0.1) is 0 Å². The van der Waals surface area contributed by atoms with Gasteiger partial charge in [-0.25, -0.2) is 4.98 Å². The standard InChI is InChI=1S/C27H22N2O/c1-18-4-8-20(9-5-18)24-16-26(21-10-6-19(2)7-11-21)29-27(25(24)17-28)22-12-14-23(30-3)15-13-22/h4-16H,1-3H3. The SMILES string of the molecule is COc1ccc(-c2nc(-c3ccc(C)cc3)cc(-c3ccc(C)cc3)c2C#N)cc1. The molecule has 1 heterocycles. The molecule has 0 fully saturated rings. The minimum Gasteiger partial charge on any atom is -0.497 e. The molecule has 0 bridgehead atoms. The van der Waals surface area contributed by atoms with E-state index in [2.05, 4.69) is 68.4 Å². The third kappa shape index (κ3) is 3.81. The van der Waals surface area contributed by atoms with Crippen LogP contribution in [0.5, 0.6) is 5.75 Å². The van der Waals surface area contributed by atoms with Crippen LogP contribution in [0.4, 0.5) is 0 Å². The molecular formula is C27H22N2O. The average molecular weight is 390 g/mol. The Kier molecular flexibility index (Phi) is 5.32. The van der Waals surface area contributed by atoms with Gasteiger partial charge >= 0.3 is 0 Å². The smallest absolute Gasteiger partial charge is 0.118 e. The number of aryl methyl sites for hydroxylation is 2. The van der Waals surface area contributed by atoms with Crippen LogP contribution in [0.2, 0.25) is 0 Å². The van der Waals surface area contributed by atoms with E-state index in [0.717, 1.165) is 33.7 Å². The van der Waals surface area contributed by atoms with Gasteiger partial charge in [0.2, 0.25) is 0 Å². The van der Waals surface area contributed by atoms with Crippen LogP contribution in [0.15, 0.2) is 78.9 Å². The Morgan fingerprint density at radius 2 is 1.27 bits per heavy atom. The van der Waals surface area contributed by atoms with Gasteiger partial charge in [0, 0.05) is 16.7 Å². The number of benzene rings is 3. The number of ether oxygens (including phenoxy) is 1. The molecule has 146 valence electrons. The molecule has 1 aromatic heterocycles. The first-order valence-electron chi connectivity index (χ1n) is 9.82. The Labute approximate surface area is 177 Å². The van der Waals surface area contributed by atoms with Crippen molar-refractivity contribution in [3.05, 3.63) is 95.6 Å². The van der Waals surface area contributed by atoms with Crippen molar-refractivity contribution in [1.29, 1.82) is 5.26 Å². The molecule has 30 heavy (non-hydrogen) atoms. The lowest BCUT2D eigenvalue weighted by Crippen LogP contribution is -1.97. The third-order valence-corrected chi connectivity index (χ3v) is 5.20. The molecule has 0 unspecified atom stereocenters. The molecule has 4 aromatic rings. The van der Waals surface area contributed by atoms with Crippen molar-refractivity contribution in [2.24, 2.45) is 0 Å². The molecule has 0 spiro atoms. The summed E-state index contributed by atoms with van der Waals surface area (Å²) >= 11 is 0. The van der Waals surface area contributed by atoms with Crippen molar-refractivity contribution in [3.63, 3.8) is 0 Å². The number of methoxy groups -OCH3 is 1. The van der Waals surface area contributed by atoms with Gasteiger partial charge < -0.3 is 4.74 Å². The van der Waals surface area contributed by atoms with Gasteiger partial charge in [0.15, 0.2) is 0 Å². The number of aromatic nitrogens is 1. The number of hydrogen-bond acceptors (Lipinski definition) is 3. The lowest BCUT2D eigenvalue weighted by atomic mass is 9.94. The fourth-order valence-electron chi connectivity index (χ4n) is 3.45. The van der Waals surface area contributed by atoms with E-state index in [4.69, 9.17) is 9.72 Å². The molecule has 0 aliphatic carbocycles. The third-order valence-electron chi connectivity index (χ3n) is 5.20. The van der Waals surface area contributed by atoms with Gasteiger partial charge in [-0.1, -0.05) is 59.7 Å². The first-order chi connectivity index (χ1) is 14.6. The minimum absolute atomic E-state index is 0.569. The molecule has 0 atom stereocenters. The van der Waals surface area contributed by atoms with E-state index in [0.29, 0.717) is 11.3 Å². The zero-order chi connectivity index (χ0) is 21.1. The zero-order valence-corrected chi connectivity index (χ0v) is 17.3. The Hall–Kier alpha value is -3.90. The van der Waals surface area contributed by atoms with E-state index >= 15 is 0 Å². The summed E-state index contributed by atoms with van der Waals surface area (Å²) < 4.78 is 5.28. The van der Waals surface area contributed by atoms with Crippen molar-refractivity contribution < 1.29 is 4.74 Å². The molecule has 0 amide bonds. The lowest BCUT2D eigenvalue weighted by Gasteiger charge is -2.14. The fourth-order valence-corrected chi connectivity index (χ4v) is 3.45. The quantitative estimate of drug-likeness (QED) is 0.395. The van der Waals surface area contributed by atoms with Crippen LogP contribution in [0.1, 0.15) is 16.7 Å². The largest absolute Gasteiger partial charge is 0.497 e. The van der Waals surface area contributed by atoms with E-state index in [1.165, 1.54) is 11.1 Å². The van der Waals surface area contributed by atoms with Crippen molar-refractivity contribution in [3.8, 4) is 45.5 Å². The molecule has 0 N–H and O–H groups in total. The summed E-state index contributed by atoms with van der Waals surface area (Å²) in [6.45, 7) is 4.12. The van der Waals surface area contributed by atoms with E-state index in [9.17, 15) is 5.26 Å². The maximum absolute atomic E-state index is 10.1. The number of hydrogen-bond donors (Lipinski definition) is 0. The molecule has 0 aliphatic rings. The molecule has 0 saturated carbocycles. The Morgan fingerprint density at radius 1 is 0.733 bits per heavy atom. The van der Waals surface area contributed by atoms with Crippen LogP contribution in [-0.4, -0.2) is 12.1 Å². The number of nitrogens with zero attached hydrogens (tertiary/aromatic N) is 2. The fraction of sp³-hybridized carbons (Fsp3) is 0.111. The Morgan fingerprint density at radius 3 is 1.80 bits per heavy atom. The average Bonchev–Trinajstić information content (AvgIpc) is 2.79. The molecular weight excluding hydrogens is 368 g/mol. The second-order valence-corrected chi connectivity index (χ2v) is 7.35. The summed E-state index contributed by atoms with van der Waals surface area (Å²) in [5.41, 5.74) is 8.26. The summed E-state index contributed by atoms with van der Waals surface area (Å²) in [6, 6.07) is 28.6. The molecule has 3 aromatic carbocycles. The van der Waals surface area contributed by atoms with Crippen molar-refractivity contribution in [2.75, 3.05) is 7.11 Å². The lowest BCUT2D eigenvalue weighted by molar-refractivity contribution is 0.415. The Balaban J connectivity index is 1.98. The second-order valence-electron chi connectivity index (χ2n) is 7.35. The van der Waals surface area contributed by atoms with Crippen LogP contribution in [0.25, 0.3) is 33.6 Å². The van der Waals surface area contributed by atoms with Gasteiger partial charge in [-0.2, -0.15) is 5.26 Å². The highest BCUT2D eigenvalue weighted by atomic mass is 16.5. The predicted octanol–water partition coefficient (Wildman–Crippen LogP) is 6.58. The topological polar surface area (TPSA) is 45.9 Å². The van der Waals surface area contributed by atoms with E-state index in [1.807, 2.05) is 30.3 Å². The molecule has 0 radical (unpaired) electrons. The molecule has 0 aliphatic heterocycles. The number of nitriles is 1. The monoisotopic (exact) mass is 390 g/mol. The minimum atomic E-state index is 0.569. The van der Waals surface area contributed by atoms with Crippen LogP contribution >= 0.6 is 0 Å². The van der Waals surface area contributed by atoms with Gasteiger partial charge in [0.25, 0.3) is 0 Å². The maximum Gasteiger partial charge on any atom is 0.118 e. The molecule has 4 rings (SSSR count). The highest BCUT2D eigenvalue weighted by molar-refractivity contribution is 5.83. The normalized spacial score (nSPS) is 10.5. The number of pyridine rings is 1. The van der Waals surface area contributed by atoms with Crippen LogP contribution in [0, 0.1) is 25.2 Å². The maximum atomic E-state index is 10.1. The molecule has 3 nitrogen and oxygen atoms in total. The van der Waals surface area contributed by atoms with Crippen molar-refractivity contribution in [1.82, 2.24) is 4.98 Å². The van der Waals surface area contributed by atoms with Crippen molar-refractivity contribution in [2.45, 2.75) is 13.8 Å². The van der Waals surface area contributed by atoms with Gasteiger partial charge in [-0.05, 0) is 49.7 Å². The van der Waals surface area contributed by atoms with Gasteiger partial charge in [-0.3, -0.25) is 0 Å². The van der Waals surface area contributed by atoms with Gasteiger partial charge in [0.05, 0.1) is 24.1 Å². The van der Waals surface area contributed by atoms with Gasteiger partial charge in [0.1, 0.15) is 11.8 Å². The second kappa shape index (κ2) is 8.23. The Bertz CT molecular complexity index is 1220. The highest BCUT2D eigenvalue weighted by Crippen LogP contribution is 2.35. The highest BCUT2D eigenvalue weighted by Gasteiger charge is 2.17. The molecule has 0 saturated heterocycles.